The van der Waals surface area contributed by atoms with Gasteiger partial charge in [-0.05, 0) is 11.1 Å². The molecule has 2 N–H and O–H groups in total. The van der Waals surface area contributed by atoms with Crippen LogP contribution in [-0.4, -0.2) is 17.6 Å². The van der Waals surface area contributed by atoms with Crippen LogP contribution in [0.1, 0.15) is 39.0 Å². The molecule has 1 atom stereocenters. The molecule has 2 aromatic heterocycles. The predicted octanol–water partition coefficient (Wildman–Crippen LogP) is 3.33. The molecule has 2 aromatic carbocycles. The maximum atomic E-state index is 12.7. The van der Waals surface area contributed by atoms with Crippen molar-refractivity contribution >= 4 is 5.91 Å². The largest absolute Gasteiger partial charge is 0.496 e. The van der Waals surface area contributed by atoms with Crippen LogP contribution in [0, 0.1) is 0 Å². The fourth-order valence-electron chi connectivity index (χ4n) is 3.94. The first kappa shape index (κ1) is 22.8. The molecule has 34 heavy (non-hydrogen) atoms. The molecule has 0 spiro atoms. The van der Waals surface area contributed by atoms with Crippen LogP contribution in [0.2, 0.25) is 0 Å². The quantitative estimate of drug-likeness (QED) is 0.438. The van der Waals surface area contributed by atoms with Crippen LogP contribution < -0.4 is 21.5 Å². The van der Waals surface area contributed by atoms with Crippen LogP contribution in [0.25, 0.3) is 0 Å². The van der Waals surface area contributed by atoms with Gasteiger partial charge in [-0.2, -0.15) is 0 Å². The molecule has 0 radical (unpaired) electrons. The van der Waals surface area contributed by atoms with E-state index in [2.05, 4.69) is 0 Å². The second-order valence-corrected chi connectivity index (χ2v) is 7.90. The second kappa shape index (κ2) is 10.0. The summed E-state index contributed by atoms with van der Waals surface area (Å²) >= 11 is 0. The summed E-state index contributed by atoms with van der Waals surface area (Å²) in [6.07, 6.45) is 2.31. The lowest BCUT2D eigenvalue weighted by Crippen LogP contribution is -2.28. The monoisotopic (exact) mass is 456 g/mol. The van der Waals surface area contributed by atoms with Crippen LogP contribution in [0.4, 0.5) is 0 Å². The number of carbonyl (C=O) groups is 1. The molecule has 2 heterocycles. The number of hydrogen-bond acceptors (Lipinski definition) is 5. The molecule has 0 fully saturated rings. The van der Waals surface area contributed by atoms with Gasteiger partial charge in [0.15, 0.2) is 5.43 Å². The highest BCUT2D eigenvalue weighted by Gasteiger charge is 2.23. The summed E-state index contributed by atoms with van der Waals surface area (Å²) in [7, 11) is 1.47. The topological polar surface area (TPSA) is 105 Å². The highest BCUT2D eigenvalue weighted by Crippen LogP contribution is 2.27. The fourth-order valence-corrected chi connectivity index (χ4v) is 3.94. The van der Waals surface area contributed by atoms with Crippen molar-refractivity contribution in [3.05, 3.63) is 134 Å². The minimum absolute atomic E-state index is 0.139. The average Bonchev–Trinajstić information content (AvgIpc) is 2.83. The number of benzene rings is 2. The lowest BCUT2D eigenvalue weighted by molar-refractivity contribution is 0.0998. The number of nitrogens with two attached hydrogens (primary N) is 1. The van der Waals surface area contributed by atoms with Gasteiger partial charge in [0.05, 0.1) is 19.2 Å². The zero-order chi connectivity index (χ0) is 24.1. The number of carbonyl (C=O) groups excluding carboxylic acids is 1. The third-order valence-corrected chi connectivity index (χ3v) is 5.59. The zero-order valence-corrected chi connectivity index (χ0v) is 18.6. The zero-order valence-electron chi connectivity index (χ0n) is 18.6. The van der Waals surface area contributed by atoms with E-state index in [9.17, 15) is 14.4 Å². The van der Waals surface area contributed by atoms with Gasteiger partial charge in [0.25, 0.3) is 5.91 Å². The molecular formula is C27H24N2O5. The Kier molecular flexibility index (Phi) is 6.73. The molecule has 1 unspecified atom stereocenters. The molecule has 4 rings (SSSR count). The fraction of sp³-hybridized carbons (Fsp3) is 0.148. The van der Waals surface area contributed by atoms with Crippen molar-refractivity contribution in [1.82, 2.24) is 4.57 Å². The highest BCUT2D eigenvalue weighted by atomic mass is 16.5. The van der Waals surface area contributed by atoms with Gasteiger partial charge in [-0.15, -0.1) is 0 Å². The lowest BCUT2D eigenvalue weighted by Gasteiger charge is -2.24. The minimum Gasteiger partial charge on any atom is -0.496 e. The number of amides is 1. The number of ether oxygens (including phenoxy) is 1. The van der Waals surface area contributed by atoms with Gasteiger partial charge in [-0.25, -0.2) is 4.79 Å². The Bertz CT molecular complexity index is 1410. The number of pyridine rings is 1. The maximum absolute atomic E-state index is 12.7. The predicted molar refractivity (Wildman–Crippen MR) is 128 cm³/mol. The van der Waals surface area contributed by atoms with Crippen LogP contribution in [0.15, 0.2) is 99.1 Å². The van der Waals surface area contributed by atoms with Gasteiger partial charge in [0, 0.05) is 36.9 Å². The maximum Gasteiger partial charge on any atom is 0.339 e. The van der Waals surface area contributed by atoms with Crippen LogP contribution >= 0.6 is 0 Å². The summed E-state index contributed by atoms with van der Waals surface area (Å²) in [5.41, 5.74) is 6.94. The van der Waals surface area contributed by atoms with Crippen molar-refractivity contribution in [2.24, 2.45) is 5.73 Å². The molecule has 0 bridgehead atoms. The molecule has 1 amide bonds. The Morgan fingerprint density at radius 2 is 1.62 bits per heavy atom. The van der Waals surface area contributed by atoms with E-state index in [0.717, 1.165) is 11.1 Å². The number of primary amides is 1. The standard InChI is InChI=1S/C27H24N2O5/c1-33-21-15-25(34-26(31)16-21)23(13-19-10-6-3-7-11-19)29-17-22(27(28)32)24(30)14-20(29)12-18-8-4-2-5-9-18/h2-11,14-17,23H,12-13H2,1H3,(H2,28,32). The van der Waals surface area contributed by atoms with E-state index >= 15 is 0 Å². The Morgan fingerprint density at radius 1 is 0.971 bits per heavy atom. The van der Waals surface area contributed by atoms with Crippen molar-refractivity contribution in [3.8, 4) is 5.75 Å². The molecule has 7 heteroatoms. The van der Waals surface area contributed by atoms with E-state index in [1.807, 2.05) is 60.7 Å². The van der Waals surface area contributed by atoms with Crippen LogP contribution in [0.5, 0.6) is 5.75 Å². The molecule has 0 saturated carbocycles. The summed E-state index contributed by atoms with van der Waals surface area (Å²) in [6.45, 7) is 0. The third-order valence-electron chi connectivity index (χ3n) is 5.59. The van der Waals surface area contributed by atoms with Gasteiger partial charge >= 0.3 is 5.63 Å². The molecule has 4 aromatic rings. The Labute approximate surface area is 196 Å². The van der Waals surface area contributed by atoms with Gasteiger partial charge in [-0.3, -0.25) is 9.59 Å². The lowest BCUT2D eigenvalue weighted by atomic mass is 10.0. The molecule has 172 valence electrons. The molecular weight excluding hydrogens is 432 g/mol. The van der Waals surface area contributed by atoms with Crippen molar-refractivity contribution in [2.45, 2.75) is 18.9 Å². The number of hydrogen-bond donors (Lipinski definition) is 1. The number of nitrogens with zero attached hydrogens (tertiary/aromatic N) is 1. The van der Waals surface area contributed by atoms with Gasteiger partial charge in [0.2, 0.25) is 0 Å². The van der Waals surface area contributed by atoms with Gasteiger partial charge in [0.1, 0.15) is 17.1 Å². The number of aromatic nitrogens is 1. The molecule has 0 aliphatic rings. The van der Waals surface area contributed by atoms with E-state index in [4.69, 9.17) is 14.9 Å². The molecule has 7 nitrogen and oxygen atoms in total. The van der Waals surface area contributed by atoms with E-state index in [1.54, 1.807) is 10.6 Å². The number of rotatable bonds is 8. The number of methoxy groups -OCH3 is 1. The van der Waals surface area contributed by atoms with E-state index in [1.165, 1.54) is 25.4 Å². The highest BCUT2D eigenvalue weighted by molar-refractivity contribution is 5.92. The smallest absolute Gasteiger partial charge is 0.339 e. The Hall–Kier alpha value is -4.39. The minimum atomic E-state index is -0.824. The second-order valence-electron chi connectivity index (χ2n) is 7.90. The average molecular weight is 456 g/mol. The molecule has 0 aliphatic carbocycles. The van der Waals surface area contributed by atoms with Crippen molar-refractivity contribution in [1.29, 1.82) is 0 Å². The first-order valence-corrected chi connectivity index (χ1v) is 10.8. The summed E-state index contributed by atoms with van der Waals surface area (Å²) in [6, 6.07) is 23.1. The third kappa shape index (κ3) is 5.15. The Balaban J connectivity index is 1.94. The summed E-state index contributed by atoms with van der Waals surface area (Å²) < 4.78 is 12.7. The summed E-state index contributed by atoms with van der Waals surface area (Å²) in [4.78, 5) is 37.0. The van der Waals surface area contributed by atoms with E-state index in [0.29, 0.717) is 30.0 Å². The van der Waals surface area contributed by atoms with Crippen molar-refractivity contribution < 1.29 is 13.9 Å². The van der Waals surface area contributed by atoms with E-state index < -0.39 is 23.0 Å². The van der Waals surface area contributed by atoms with Gasteiger partial charge < -0.3 is 19.5 Å². The SMILES string of the molecule is COc1cc(C(Cc2ccccc2)n2cc(C(N)=O)c(=O)cc2Cc2ccccc2)oc(=O)c1. The van der Waals surface area contributed by atoms with Crippen LogP contribution in [-0.2, 0) is 12.8 Å². The van der Waals surface area contributed by atoms with Crippen molar-refractivity contribution in [2.75, 3.05) is 7.11 Å². The van der Waals surface area contributed by atoms with Gasteiger partial charge in [-0.1, -0.05) is 60.7 Å². The normalized spacial score (nSPS) is 11.7. The summed E-state index contributed by atoms with van der Waals surface area (Å²) in [5.74, 6) is -0.137. The Morgan fingerprint density at radius 3 is 2.24 bits per heavy atom. The molecule has 0 aliphatic heterocycles. The van der Waals surface area contributed by atoms with E-state index in [-0.39, 0.29) is 5.56 Å². The first-order valence-electron chi connectivity index (χ1n) is 10.8. The summed E-state index contributed by atoms with van der Waals surface area (Å²) in [5, 5.41) is 0. The van der Waals surface area contributed by atoms with Crippen LogP contribution in [0.3, 0.4) is 0 Å². The van der Waals surface area contributed by atoms with Crippen molar-refractivity contribution in [3.63, 3.8) is 0 Å². The molecule has 0 saturated heterocycles. The first-order chi connectivity index (χ1) is 16.4.